The number of aryl methyl sites for hydroxylation is 1. The summed E-state index contributed by atoms with van der Waals surface area (Å²) in [6.45, 7) is 3.51. The summed E-state index contributed by atoms with van der Waals surface area (Å²) >= 11 is 0. The molecule has 0 aliphatic rings. The van der Waals surface area contributed by atoms with Crippen LogP contribution in [0, 0.1) is 0 Å². The number of amides is 2. The van der Waals surface area contributed by atoms with Gasteiger partial charge < -0.3 is 11.1 Å². The van der Waals surface area contributed by atoms with Crippen molar-refractivity contribution in [3.63, 3.8) is 0 Å². The molecule has 0 atom stereocenters. The summed E-state index contributed by atoms with van der Waals surface area (Å²) in [5, 5.41) is 2.74. The van der Waals surface area contributed by atoms with E-state index in [-0.39, 0.29) is 23.3 Å². The summed E-state index contributed by atoms with van der Waals surface area (Å²) in [6.07, 6.45) is 0.719. The number of nitrogens with two attached hydrogens (primary N) is 1. The summed E-state index contributed by atoms with van der Waals surface area (Å²) in [4.78, 5) is 23.3. The number of benzene rings is 2. The van der Waals surface area contributed by atoms with Crippen LogP contribution in [0.2, 0.25) is 0 Å². The molecule has 0 unspecified atom stereocenters. The third-order valence-corrected chi connectivity index (χ3v) is 5.39. The Labute approximate surface area is 159 Å². The smallest absolute Gasteiger partial charge is 0.248 e. The van der Waals surface area contributed by atoms with E-state index in [1.807, 2.05) is 0 Å². The molecule has 0 heterocycles. The zero-order chi connectivity index (χ0) is 20.0. The van der Waals surface area contributed by atoms with Crippen LogP contribution >= 0.6 is 0 Å². The molecule has 8 heteroatoms. The van der Waals surface area contributed by atoms with Crippen molar-refractivity contribution in [2.45, 2.75) is 37.6 Å². The first-order valence-corrected chi connectivity index (χ1v) is 9.96. The minimum absolute atomic E-state index is 0.181. The van der Waals surface area contributed by atoms with E-state index in [1.165, 1.54) is 12.1 Å². The van der Waals surface area contributed by atoms with E-state index >= 15 is 0 Å². The van der Waals surface area contributed by atoms with Crippen LogP contribution in [-0.4, -0.2) is 26.3 Å². The second kappa shape index (κ2) is 8.79. The fourth-order valence-electron chi connectivity index (χ4n) is 2.41. The third kappa shape index (κ3) is 6.19. The predicted octanol–water partition coefficient (Wildman–Crippen LogP) is 2.04. The lowest BCUT2D eigenvalue weighted by atomic mass is 10.1. The normalized spacial score (nSPS) is 11.4. The van der Waals surface area contributed by atoms with Crippen LogP contribution in [0.15, 0.2) is 53.4 Å². The molecule has 0 saturated heterocycles. The molecule has 2 aromatic rings. The van der Waals surface area contributed by atoms with Crippen LogP contribution in [-0.2, 0) is 21.2 Å². The Morgan fingerprint density at radius 3 is 2.11 bits per heavy atom. The van der Waals surface area contributed by atoms with Gasteiger partial charge in [-0.05, 0) is 62.2 Å². The number of hydrogen-bond donors (Lipinski definition) is 3. The number of hydrogen-bond acceptors (Lipinski definition) is 4. The van der Waals surface area contributed by atoms with E-state index in [2.05, 4.69) is 10.0 Å². The second-order valence-electron chi connectivity index (χ2n) is 6.41. The fourth-order valence-corrected chi connectivity index (χ4v) is 3.66. The molecular formula is C19H23N3O4S. The van der Waals surface area contributed by atoms with E-state index in [9.17, 15) is 18.0 Å². The number of sulfonamides is 1. The monoisotopic (exact) mass is 389 g/mol. The molecule has 144 valence electrons. The number of nitrogens with one attached hydrogen (secondary N) is 2. The number of rotatable bonds is 8. The van der Waals surface area contributed by atoms with Gasteiger partial charge in [0.05, 0.1) is 4.90 Å². The highest BCUT2D eigenvalue weighted by molar-refractivity contribution is 7.89. The molecule has 0 fully saturated rings. The quantitative estimate of drug-likeness (QED) is 0.640. The summed E-state index contributed by atoms with van der Waals surface area (Å²) in [6, 6.07) is 12.6. The molecule has 0 spiro atoms. The minimum Gasteiger partial charge on any atom is -0.366 e. The van der Waals surface area contributed by atoms with Gasteiger partial charge in [0.15, 0.2) is 0 Å². The third-order valence-electron chi connectivity index (χ3n) is 3.72. The predicted molar refractivity (Wildman–Crippen MR) is 104 cm³/mol. The highest BCUT2D eigenvalue weighted by Crippen LogP contribution is 2.14. The molecule has 2 amide bonds. The molecule has 0 aromatic heterocycles. The van der Waals surface area contributed by atoms with Crippen LogP contribution in [0.5, 0.6) is 0 Å². The van der Waals surface area contributed by atoms with Crippen molar-refractivity contribution < 1.29 is 18.0 Å². The van der Waals surface area contributed by atoms with Gasteiger partial charge in [-0.15, -0.1) is 0 Å². The second-order valence-corrected chi connectivity index (χ2v) is 8.12. The average molecular weight is 389 g/mol. The summed E-state index contributed by atoms with van der Waals surface area (Å²) in [5.41, 5.74) is 6.97. The van der Waals surface area contributed by atoms with E-state index in [0.717, 1.165) is 5.56 Å². The molecule has 0 aliphatic carbocycles. The lowest BCUT2D eigenvalue weighted by Crippen LogP contribution is -2.30. The minimum atomic E-state index is -3.52. The lowest BCUT2D eigenvalue weighted by molar-refractivity contribution is -0.116. The zero-order valence-corrected chi connectivity index (χ0v) is 16.0. The highest BCUT2D eigenvalue weighted by atomic mass is 32.2. The number of primary amides is 1. The first-order valence-electron chi connectivity index (χ1n) is 8.48. The van der Waals surface area contributed by atoms with Crippen LogP contribution in [0.3, 0.4) is 0 Å². The maximum Gasteiger partial charge on any atom is 0.248 e. The van der Waals surface area contributed by atoms with Crippen LogP contribution in [0.25, 0.3) is 0 Å². The maximum atomic E-state index is 12.1. The van der Waals surface area contributed by atoms with E-state index in [4.69, 9.17) is 5.73 Å². The molecular weight excluding hydrogens is 366 g/mol. The van der Waals surface area contributed by atoms with Crippen molar-refractivity contribution in [3.05, 3.63) is 59.7 Å². The summed E-state index contributed by atoms with van der Waals surface area (Å²) in [7, 11) is -3.52. The molecule has 0 radical (unpaired) electrons. The van der Waals surface area contributed by atoms with Gasteiger partial charge >= 0.3 is 0 Å². The van der Waals surface area contributed by atoms with E-state index in [1.54, 1.807) is 50.2 Å². The Balaban J connectivity index is 1.90. The van der Waals surface area contributed by atoms with Crippen molar-refractivity contribution in [1.29, 1.82) is 0 Å². The first kappa shape index (κ1) is 20.6. The van der Waals surface area contributed by atoms with Crippen molar-refractivity contribution in [3.8, 4) is 0 Å². The molecule has 0 saturated carbocycles. The molecule has 7 nitrogen and oxygen atoms in total. The molecule has 0 aliphatic heterocycles. The maximum absolute atomic E-state index is 12.1. The Bertz CT molecular complexity index is 905. The number of anilines is 1. The topological polar surface area (TPSA) is 118 Å². The Morgan fingerprint density at radius 1 is 1.00 bits per heavy atom. The number of carbonyl (C=O) groups is 2. The van der Waals surface area contributed by atoms with Gasteiger partial charge in [0.25, 0.3) is 0 Å². The summed E-state index contributed by atoms with van der Waals surface area (Å²) in [5.74, 6) is -0.707. The Morgan fingerprint density at radius 2 is 1.59 bits per heavy atom. The molecule has 27 heavy (non-hydrogen) atoms. The Hall–Kier alpha value is -2.71. The Kier molecular flexibility index (Phi) is 6.70. The van der Waals surface area contributed by atoms with Gasteiger partial charge in [0.1, 0.15) is 0 Å². The van der Waals surface area contributed by atoms with Crippen molar-refractivity contribution in [2.24, 2.45) is 5.73 Å². The molecule has 0 bridgehead atoms. The van der Waals surface area contributed by atoms with Gasteiger partial charge in [-0.2, -0.15) is 0 Å². The van der Waals surface area contributed by atoms with Gasteiger partial charge in [0, 0.05) is 23.7 Å². The van der Waals surface area contributed by atoms with Gasteiger partial charge in [-0.1, -0.05) is 12.1 Å². The van der Waals surface area contributed by atoms with E-state index < -0.39 is 15.9 Å². The van der Waals surface area contributed by atoms with Crippen LogP contribution < -0.4 is 15.8 Å². The van der Waals surface area contributed by atoms with E-state index in [0.29, 0.717) is 17.7 Å². The standard InChI is InChI=1S/C19H23N3O4S/c1-13(2)22-27(25,26)17-10-3-14(4-11-17)5-12-18(23)21-16-8-6-15(7-9-16)19(20)24/h3-4,6-11,13,22H,5,12H2,1-2H3,(H2,20,24)(H,21,23). The van der Waals surface area contributed by atoms with Crippen molar-refractivity contribution in [1.82, 2.24) is 4.72 Å². The van der Waals surface area contributed by atoms with Crippen LogP contribution in [0.4, 0.5) is 5.69 Å². The molecule has 2 aromatic carbocycles. The molecule has 2 rings (SSSR count). The first-order chi connectivity index (χ1) is 12.7. The van der Waals surface area contributed by atoms with Crippen molar-refractivity contribution in [2.75, 3.05) is 5.32 Å². The van der Waals surface area contributed by atoms with Crippen molar-refractivity contribution >= 4 is 27.5 Å². The molecule has 4 N–H and O–H groups in total. The van der Waals surface area contributed by atoms with Gasteiger partial charge in [-0.25, -0.2) is 13.1 Å². The average Bonchev–Trinajstić information content (AvgIpc) is 2.60. The lowest BCUT2D eigenvalue weighted by Gasteiger charge is -2.10. The zero-order valence-electron chi connectivity index (χ0n) is 15.2. The van der Waals surface area contributed by atoms with Gasteiger partial charge in [-0.3, -0.25) is 9.59 Å². The largest absolute Gasteiger partial charge is 0.366 e. The summed E-state index contributed by atoms with van der Waals surface area (Å²) < 4.78 is 26.7. The van der Waals surface area contributed by atoms with Crippen LogP contribution in [0.1, 0.15) is 36.2 Å². The fraction of sp³-hybridized carbons (Fsp3) is 0.263. The van der Waals surface area contributed by atoms with Gasteiger partial charge in [0.2, 0.25) is 21.8 Å². The highest BCUT2D eigenvalue weighted by Gasteiger charge is 2.15. The SMILES string of the molecule is CC(C)NS(=O)(=O)c1ccc(CCC(=O)Nc2ccc(C(N)=O)cc2)cc1. The number of carbonyl (C=O) groups excluding carboxylic acids is 2.